The summed E-state index contributed by atoms with van der Waals surface area (Å²) in [6.07, 6.45) is 1.97. The Bertz CT molecular complexity index is 700. The number of nitrogens with one attached hydrogen (secondary N) is 2. The minimum absolute atomic E-state index is 0.173. The van der Waals surface area contributed by atoms with E-state index in [0.717, 1.165) is 32.5 Å². The van der Waals surface area contributed by atoms with E-state index in [1.165, 1.54) is 22.3 Å². The average molecular weight is 337 g/mol. The molecule has 0 atom stereocenters. The molecule has 0 radical (unpaired) electrons. The molecule has 1 amide bonds. The number of benzene rings is 2. The van der Waals surface area contributed by atoms with E-state index < -0.39 is 0 Å². The van der Waals surface area contributed by atoms with Gasteiger partial charge in [-0.15, -0.1) is 0 Å². The molecule has 0 saturated carbocycles. The van der Waals surface area contributed by atoms with Crippen LogP contribution in [-0.4, -0.2) is 19.0 Å². The van der Waals surface area contributed by atoms with E-state index >= 15 is 0 Å². The van der Waals surface area contributed by atoms with Crippen LogP contribution in [-0.2, 0) is 17.9 Å². The van der Waals surface area contributed by atoms with Crippen molar-refractivity contribution < 1.29 is 9.69 Å². The first-order valence-electron chi connectivity index (χ1n) is 9.32. The van der Waals surface area contributed by atoms with Gasteiger partial charge in [0.2, 0.25) is 5.91 Å². The molecule has 2 N–H and O–H groups in total. The summed E-state index contributed by atoms with van der Waals surface area (Å²) in [6.45, 7) is 8.08. The summed E-state index contributed by atoms with van der Waals surface area (Å²) in [6, 6.07) is 17.1. The number of quaternary nitrogens is 1. The first-order valence-corrected chi connectivity index (χ1v) is 9.32. The van der Waals surface area contributed by atoms with E-state index in [1.54, 1.807) is 4.90 Å². The zero-order valence-electron chi connectivity index (χ0n) is 15.3. The summed E-state index contributed by atoms with van der Waals surface area (Å²) in [5.41, 5.74) is 5.14. The molecule has 25 heavy (non-hydrogen) atoms. The van der Waals surface area contributed by atoms with Gasteiger partial charge in [0.15, 0.2) is 0 Å². The summed E-state index contributed by atoms with van der Waals surface area (Å²) >= 11 is 0. The van der Waals surface area contributed by atoms with Gasteiger partial charge in [-0.2, -0.15) is 0 Å². The number of carbonyl (C=O) groups is 1. The Morgan fingerprint density at radius 2 is 1.72 bits per heavy atom. The fourth-order valence-corrected chi connectivity index (χ4v) is 3.62. The predicted molar refractivity (Wildman–Crippen MR) is 101 cm³/mol. The van der Waals surface area contributed by atoms with Gasteiger partial charge in [-0.3, -0.25) is 4.79 Å². The summed E-state index contributed by atoms with van der Waals surface area (Å²) in [5.74, 6) is 0.391. The van der Waals surface area contributed by atoms with Gasteiger partial charge in [-0.1, -0.05) is 59.7 Å². The molecule has 3 rings (SSSR count). The zero-order chi connectivity index (χ0) is 17.6. The normalized spacial score (nSPS) is 20.2. The van der Waals surface area contributed by atoms with Gasteiger partial charge in [-0.05, 0) is 19.4 Å². The maximum atomic E-state index is 12.4. The highest BCUT2D eigenvalue weighted by atomic mass is 16.1. The number of carbonyl (C=O) groups excluding carboxylic acids is 1. The van der Waals surface area contributed by atoms with Gasteiger partial charge in [0, 0.05) is 30.9 Å². The largest absolute Gasteiger partial charge is 0.352 e. The molecule has 132 valence electrons. The number of hydrogen-bond donors (Lipinski definition) is 2. The number of amides is 1. The van der Waals surface area contributed by atoms with Crippen molar-refractivity contribution in [1.29, 1.82) is 0 Å². The smallest absolute Gasteiger partial charge is 0.223 e. The molecule has 3 heteroatoms. The van der Waals surface area contributed by atoms with Gasteiger partial charge in [0.1, 0.15) is 6.54 Å². The van der Waals surface area contributed by atoms with E-state index in [1.807, 2.05) is 0 Å². The Morgan fingerprint density at radius 1 is 1.00 bits per heavy atom. The van der Waals surface area contributed by atoms with Gasteiger partial charge in [0.25, 0.3) is 0 Å². The molecule has 0 spiro atoms. The van der Waals surface area contributed by atoms with E-state index in [0.29, 0.717) is 6.54 Å². The third kappa shape index (κ3) is 5.17. The quantitative estimate of drug-likeness (QED) is 0.863. The maximum absolute atomic E-state index is 12.4. The van der Waals surface area contributed by atoms with Crippen LogP contribution >= 0.6 is 0 Å². The SMILES string of the molecule is Cc1ccc(CNC(=O)C2CC[NH+](Cc3cccc(C)c3)CC2)cc1. The predicted octanol–water partition coefficient (Wildman–Crippen LogP) is 2.41. The Kier molecular flexibility index (Phi) is 5.87. The fourth-order valence-electron chi connectivity index (χ4n) is 3.62. The Labute approximate surface area is 151 Å². The second-order valence-corrected chi connectivity index (χ2v) is 7.39. The summed E-state index contributed by atoms with van der Waals surface area (Å²) < 4.78 is 0. The molecule has 1 fully saturated rings. The third-order valence-corrected chi connectivity index (χ3v) is 5.19. The van der Waals surface area contributed by atoms with Crippen molar-refractivity contribution in [2.24, 2.45) is 5.92 Å². The minimum Gasteiger partial charge on any atom is -0.352 e. The molecule has 1 aliphatic heterocycles. The van der Waals surface area contributed by atoms with Gasteiger partial charge < -0.3 is 10.2 Å². The highest BCUT2D eigenvalue weighted by Gasteiger charge is 2.27. The first kappa shape index (κ1) is 17.7. The zero-order valence-corrected chi connectivity index (χ0v) is 15.3. The van der Waals surface area contributed by atoms with E-state index in [2.05, 4.69) is 67.7 Å². The van der Waals surface area contributed by atoms with Crippen LogP contribution < -0.4 is 10.2 Å². The van der Waals surface area contributed by atoms with Gasteiger partial charge in [0.05, 0.1) is 13.1 Å². The summed E-state index contributed by atoms with van der Waals surface area (Å²) in [5, 5.41) is 3.11. The number of hydrogen-bond acceptors (Lipinski definition) is 1. The first-order chi connectivity index (χ1) is 12.1. The summed E-state index contributed by atoms with van der Waals surface area (Å²) in [4.78, 5) is 14.0. The Hall–Kier alpha value is -2.13. The molecular weight excluding hydrogens is 308 g/mol. The number of piperidine rings is 1. The molecule has 0 aliphatic carbocycles. The molecule has 3 nitrogen and oxygen atoms in total. The number of aryl methyl sites for hydroxylation is 2. The molecule has 2 aromatic carbocycles. The van der Waals surface area contributed by atoms with Crippen LogP contribution in [0, 0.1) is 19.8 Å². The van der Waals surface area contributed by atoms with Crippen LogP contribution in [0.5, 0.6) is 0 Å². The second kappa shape index (κ2) is 8.30. The lowest BCUT2D eigenvalue weighted by atomic mass is 9.95. The lowest BCUT2D eigenvalue weighted by molar-refractivity contribution is -0.919. The summed E-state index contributed by atoms with van der Waals surface area (Å²) in [7, 11) is 0. The second-order valence-electron chi connectivity index (χ2n) is 7.39. The van der Waals surface area contributed by atoms with Crippen molar-refractivity contribution in [2.45, 2.75) is 39.8 Å². The van der Waals surface area contributed by atoms with Crippen LogP contribution in [0.25, 0.3) is 0 Å². The lowest BCUT2D eigenvalue weighted by Crippen LogP contribution is -3.11. The highest BCUT2D eigenvalue weighted by Crippen LogP contribution is 2.11. The van der Waals surface area contributed by atoms with Crippen LogP contribution in [0.4, 0.5) is 0 Å². The molecule has 1 heterocycles. The van der Waals surface area contributed by atoms with Crippen molar-refractivity contribution >= 4 is 5.91 Å². The van der Waals surface area contributed by atoms with E-state index in [-0.39, 0.29) is 11.8 Å². The van der Waals surface area contributed by atoms with Crippen LogP contribution in [0.2, 0.25) is 0 Å². The minimum atomic E-state index is 0.173. The van der Waals surface area contributed by atoms with Gasteiger partial charge >= 0.3 is 0 Å². The number of rotatable bonds is 5. The number of likely N-dealkylation sites (tertiary alicyclic amines) is 1. The van der Waals surface area contributed by atoms with E-state index in [4.69, 9.17) is 0 Å². The molecule has 1 aliphatic rings. The molecule has 0 aromatic heterocycles. The van der Waals surface area contributed by atoms with Crippen molar-refractivity contribution in [3.8, 4) is 0 Å². The molecule has 1 saturated heterocycles. The van der Waals surface area contributed by atoms with Gasteiger partial charge in [-0.25, -0.2) is 0 Å². The van der Waals surface area contributed by atoms with E-state index in [9.17, 15) is 4.79 Å². The topological polar surface area (TPSA) is 33.5 Å². The molecular formula is C22H29N2O+. The lowest BCUT2D eigenvalue weighted by Gasteiger charge is -2.28. The monoisotopic (exact) mass is 337 g/mol. The average Bonchev–Trinajstić information content (AvgIpc) is 2.62. The Balaban J connectivity index is 1.43. The molecule has 0 bridgehead atoms. The maximum Gasteiger partial charge on any atom is 0.223 e. The van der Waals surface area contributed by atoms with Crippen LogP contribution in [0.1, 0.15) is 35.1 Å². The third-order valence-electron chi connectivity index (χ3n) is 5.19. The Morgan fingerprint density at radius 3 is 2.40 bits per heavy atom. The van der Waals surface area contributed by atoms with Crippen molar-refractivity contribution in [1.82, 2.24) is 5.32 Å². The highest BCUT2D eigenvalue weighted by molar-refractivity contribution is 5.78. The fraction of sp³-hybridized carbons (Fsp3) is 0.409. The standard InChI is InChI=1S/C22H28N2O/c1-17-6-8-19(9-7-17)15-23-22(25)21-10-12-24(13-11-21)16-20-5-3-4-18(2)14-20/h3-9,14,21H,10-13,15-16H2,1-2H3,(H,23,25)/p+1. The molecule has 0 unspecified atom stereocenters. The molecule has 2 aromatic rings. The van der Waals surface area contributed by atoms with Crippen molar-refractivity contribution in [2.75, 3.05) is 13.1 Å². The van der Waals surface area contributed by atoms with Crippen molar-refractivity contribution in [3.63, 3.8) is 0 Å². The van der Waals surface area contributed by atoms with Crippen LogP contribution in [0.3, 0.4) is 0 Å². The van der Waals surface area contributed by atoms with Crippen LogP contribution in [0.15, 0.2) is 48.5 Å². The van der Waals surface area contributed by atoms with Crippen molar-refractivity contribution in [3.05, 3.63) is 70.8 Å².